The molecule has 0 radical (unpaired) electrons. The smallest absolute Gasteiger partial charge is 0.292 e. The maximum atomic E-state index is 14.7. The van der Waals surface area contributed by atoms with E-state index >= 15 is 0 Å². The molecule has 2 aromatic rings. The summed E-state index contributed by atoms with van der Waals surface area (Å²) in [6.07, 6.45) is -4.61. The van der Waals surface area contributed by atoms with Crippen molar-refractivity contribution in [3.8, 4) is 11.8 Å². The van der Waals surface area contributed by atoms with Crippen molar-refractivity contribution < 1.29 is 34.4 Å². The summed E-state index contributed by atoms with van der Waals surface area (Å²) >= 11 is 0. The van der Waals surface area contributed by atoms with Gasteiger partial charge in [-0.25, -0.2) is 30.6 Å². The molecule has 0 fully saturated rings. The summed E-state index contributed by atoms with van der Waals surface area (Å²) in [5, 5.41) is 7.97. The van der Waals surface area contributed by atoms with Crippen LogP contribution in [0.4, 0.5) is 23.2 Å². The first-order chi connectivity index (χ1) is 14.9. The van der Waals surface area contributed by atoms with Gasteiger partial charge in [-0.05, 0) is 26.0 Å². The third-order valence-corrected chi connectivity index (χ3v) is 8.45. The van der Waals surface area contributed by atoms with Crippen molar-refractivity contribution in [2.24, 2.45) is 7.05 Å². The molecule has 0 spiro atoms. The lowest BCUT2D eigenvalue weighted by Gasteiger charge is -2.25. The van der Waals surface area contributed by atoms with E-state index in [0.717, 1.165) is 13.8 Å². The van der Waals surface area contributed by atoms with Gasteiger partial charge in [0.25, 0.3) is 15.6 Å². The van der Waals surface area contributed by atoms with Gasteiger partial charge in [-0.15, -0.1) is 0 Å². The second-order valence-electron chi connectivity index (χ2n) is 7.03. The number of aromatic nitrogens is 2. The third kappa shape index (κ3) is 4.64. The van der Waals surface area contributed by atoms with Gasteiger partial charge >= 0.3 is 11.9 Å². The number of benzene rings is 1. The van der Waals surface area contributed by atoms with E-state index in [9.17, 15) is 49.2 Å². The van der Waals surface area contributed by atoms with Crippen LogP contribution in [-0.2, 0) is 33.3 Å². The second-order valence-corrected chi connectivity index (χ2v) is 11.4. The van der Waals surface area contributed by atoms with Crippen molar-refractivity contribution in [2.45, 2.75) is 25.3 Å². The topological polar surface area (TPSA) is 139 Å². The van der Waals surface area contributed by atoms with E-state index in [2.05, 4.69) is 0 Å². The first-order valence-electron chi connectivity index (χ1n) is 8.74. The fourth-order valence-corrected chi connectivity index (χ4v) is 6.12. The molecule has 0 aliphatic heterocycles. The van der Waals surface area contributed by atoms with Crippen LogP contribution in [0.2, 0.25) is 0 Å². The zero-order valence-corrected chi connectivity index (χ0v) is 19.0. The van der Waals surface area contributed by atoms with E-state index < -0.39 is 71.2 Å². The van der Waals surface area contributed by atoms with Gasteiger partial charge in [0.2, 0.25) is 10.0 Å². The molecular weight excluding hydrogens is 496 g/mol. The minimum Gasteiger partial charge on any atom is -0.292 e. The minimum atomic E-state index is -5.10. The van der Waals surface area contributed by atoms with Crippen molar-refractivity contribution in [2.75, 3.05) is 9.97 Å². The summed E-state index contributed by atoms with van der Waals surface area (Å²) in [5.74, 6) is -1.47. The lowest BCUT2D eigenvalue weighted by Crippen LogP contribution is -2.42. The van der Waals surface area contributed by atoms with Crippen molar-refractivity contribution in [3.63, 3.8) is 0 Å². The van der Waals surface area contributed by atoms with Crippen molar-refractivity contribution >= 4 is 25.7 Å². The van der Waals surface area contributed by atoms with Gasteiger partial charge in [0, 0.05) is 13.1 Å². The molecule has 0 saturated heterocycles. The van der Waals surface area contributed by atoms with E-state index in [1.807, 2.05) is 0 Å². The van der Waals surface area contributed by atoms with E-state index in [1.54, 1.807) is 0 Å². The summed E-state index contributed by atoms with van der Waals surface area (Å²) in [7, 11) is -8.70. The van der Waals surface area contributed by atoms with Crippen molar-refractivity contribution in [1.82, 2.24) is 9.13 Å². The molecule has 16 heteroatoms. The molecule has 10 nitrogen and oxygen atoms in total. The normalized spacial score (nSPS) is 12.6. The van der Waals surface area contributed by atoms with Gasteiger partial charge in [-0.3, -0.25) is 9.36 Å². The number of hydrogen-bond donors (Lipinski definition) is 0. The van der Waals surface area contributed by atoms with Crippen molar-refractivity contribution in [1.29, 1.82) is 5.26 Å². The summed E-state index contributed by atoms with van der Waals surface area (Å²) in [6, 6.07) is 2.21. The highest BCUT2D eigenvalue weighted by Crippen LogP contribution is 2.31. The molecular formula is C17H16F4N4O6S2. The van der Waals surface area contributed by atoms with Crippen LogP contribution in [0.25, 0.3) is 5.69 Å². The fraction of sp³-hybridized carbons (Fsp3) is 0.353. The Labute approximate surface area is 185 Å². The zero-order valence-electron chi connectivity index (χ0n) is 17.4. The fourth-order valence-electron chi connectivity index (χ4n) is 2.78. The van der Waals surface area contributed by atoms with Crippen LogP contribution >= 0.6 is 0 Å². The Kier molecular flexibility index (Phi) is 6.56. The second kappa shape index (κ2) is 8.30. The Bertz CT molecular complexity index is 1500. The molecule has 1 heterocycles. The van der Waals surface area contributed by atoms with Crippen LogP contribution in [-0.4, -0.2) is 37.5 Å². The lowest BCUT2D eigenvalue weighted by molar-refractivity contribution is -0.144. The highest BCUT2D eigenvalue weighted by molar-refractivity contribution is 8.10. The predicted octanol–water partition coefficient (Wildman–Crippen LogP) is 1.07. The summed E-state index contributed by atoms with van der Waals surface area (Å²) in [4.78, 5) is 24.8. The molecule has 0 unspecified atom stereocenters. The lowest BCUT2D eigenvalue weighted by atomic mass is 10.1. The maximum Gasteiger partial charge on any atom is 0.431 e. The van der Waals surface area contributed by atoms with Gasteiger partial charge in [-0.1, -0.05) is 0 Å². The Hall–Kier alpha value is -3.19. The Morgan fingerprint density at radius 1 is 1.09 bits per heavy atom. The number of sulfonamides is 2. The summed E-state index contributed by atoms with van der Waals surface area (Å²) in [5.41, 5.74) is -7.68. The zero-order chi connectivity index (χ0) is 25.7. The van der Waals surface area contributed by atoms with E-state index in [4.69, 9.17) is 0 Å². The predicted molar refractivity (Wildman–Crippen MR) is 108 cm³/mol. The number of nitrogens with zero attached hydrogens (tertiary/aromatic N) is 4. The monoisotopic (exact) mass is 512 g/mol. The molecule has 0 atom stereocenters. The number of rotatable bonds is 5. The molecule has 2 rings (SSSR count). The first kappa shape index (κ1) is 26.1. The van der Waals surface area contributed by atoms with Crippen molar-refractivity contribution in [3.05, 3.63) is 56.1 Å². The molecule has 0 N–H and O–H groups in total. The number of hydrogen-bond acceptors (Lipinski definition) is 7. The Morgan fingerprint density at radius 2 is 1.64 bits per heavy atom. The summed E-state index contributed by atoms with van der Waals surface area (Å²) < 4.78 is 104. The van der Waals surface area contributed by atoms with Gasteiger partial charge in [-0.2, -0.15) is 22.1 Å². The molecule has 0 aliphatic carbocycles. The SMILES string of the molecule is CC(C)S(=O)(=O)N(c1cc(-n2c(=O)cc(C(F)(F)F)n(C)c2=O)c(F)cc1C#N)S(C)(=O)=O. The number of anilines is 1. The number of nitriles is 1. The minimum absolute atomic E-state index is 0.0118. The first-order valence-corrected chi connectivity index (χ1v) is 12.1. The number of alkyl halides is 3. The van der Waals surface area contributed by atoms with Crippen LogP contribution in [0.5, 0.6) is 0 Å². The molecule has 180 valence electrons. The molecule has 1 aromatic heterocycles. The largest absolute Gasteiger partial charge is 0.431 e. The van der Waals surface area contributed by atoms with Crippen LogP contribution < -0.4 is 15.0 Å². The molecule has 33 heavy (non-hydrogen) atoms. The third-order valence-electron chi connectivity index (χ3n) is 4.36. The molecule has 0 aliphatic rings. The Balaban J connectivity index is 3.05. The van der Waals surface area contributed by atoms with E-state index in [0.29, 0.717) is 25.4 Å². The summed E-state index contributed by atoms with van der Waals surface area (Å²) in [6.45, 7) is 2.25. The average Bonchev–Trinajstić information content (AvgIpc) is 2.64. The van der Waals surface area contributed by atoms with Gasteiger partial charge in [0.05, 0.1) is 28.4 Å². The Morgan fingerprint density at radius 3 is 2.06 bits per heavy atom. The van der Waals surface area contributed by atoms with Crippen LogP contribution in [0.15, 0.2) is 27.8 Å². The maximum absolute atomic E-state index is 14.7. The molecule has 1 aromatic carbocycles. The van der Waals surface area contributed by atoms with E-state index in [-0.39, 0.29) is 18.9 Å². The molecule has 0 saturated carbocycles. The molecule has 0 amide bonds. The van der Waals surface area contributed by atoms with Gasteiger partial charge < -0.3 is 0 Å². The van der Waals surface area contributed by atoms with Crippen LogP contribution in [0.3, 0.4) is 0 Å². The highest BCUT2D eigenvalue weighted by Gasteiger charge is 2.37. The van der Waals surface area contributed by atoms with Gasteiger partial charge in [0.1, 0.15) is 17.6 Å². The van der Waals surface area contributed by atoms with E-state index in [1.165, 1.54) is 6.07 Å². The highest BCUT2D eigenvalue weighted by atomic mass is 32.3. The van der Waals surface area contributed by atoms with Gasteiger partial charge in [0.15, 0.2) is 0 Å². The van der Waals surface area contributed by atoms with Crippen LogP contribution in [0.1, 0.15) is 25.1 Å². The van der Waals surface area contributed by atoms with Crippen LogP contribution in [0, 0.1) is 17.1 Å². The standard InChI is InChI=1S/C17H16F4N4O6S2/c1-9(2)33(30,31)25(32(4,28)29)12-6-13(11(18)5-10(12)8-22)24-15(26)7-14(17(19,20)21)23(3)16(24)27/h5-7,9H,1-4H3. The number of halogens is 4. The average molecular weight is 512 g/mol. The molecule has 0 bridgehead atoms. The quantitative estimate of drug-likeness (QED) is 0.546.